The molecule has 0 aromatic carbocycles. The van der Waals surface area contributed by atoms with E-state index in [1.807, 2.05) is 19.3 Å². The molecule has 20 heavy (non-hydrogen) atoms. The summed E-state index contributed by atoms with van der Waals surface area (Å²) in [6, 6.07) is 0.823. The van der Waals surface area contributed by atoms with Crippen LogP contribution >= 0.6 is 0 Å². The molecule has 0 aliphatic rings. The number of nitrogens with zero attached hydrogens (tertiary/aromatic N) is 2. The lowest BCUT2D eigenvalue weighted by Gasteiger charge is -2.12. The van der Waals surface area contributed by atoms with Crippen LogP contribution in [-0.2, 0) is 10.9 Å². The van der Waals surface area contributed by atoms with Gasteiger partial charge in [0.05, 0.1) is 6.61 Å². The minimum Gasteiger partial charge on any atom is -0.379 e. The number of ether oxygens (including phenoxy) is 1. The van der Waals surface area contributed by atoms with E-state index in [0.717, 1.165) is 6.07 Å². The maximum atomic E-state index is 12.6. The van der Waals surface area contributed by atoms with Crippen LogP contribution in [0.2, 0.25) is 0 Å². The van der Waals surface area contributed by atoms with Gasteiger partial charge in [-0.1, -0.05) is 13.8 Å². The van der Waals surface area contributed by atoms with Crippen molar-refractivity contribution in [2.75, 3.05) is 30.5 Å². The van der Waals surface area contributed by atoms with Gasteiger partial charge < -0.3 is 10.1 Å². The second kappa shape index (κ2) is 7.25. The number of halogens is 3. The minimum absolute atomic E-state index is 0.0356. The number of rotatable bonds is 7. The number of hydrogen-bond donors (Lipinski definition) is 3. The first-order chi connectivity index (χ1) is 9.32. The molecule has 0 aliphatic carbocycles. The first kappa shape index (κ1) is 16.4. The van der Waals surface area contributed by atoms with Crippen LogP contribution in [0.15, 0.2) is 6.07 Å². The molecule has 0 unspecified atom stereocenters. The summed E-state index contributed by atoms with van der Waals surface area (Å²) < 4.78 is 43.1. The Morgan fingerprint density at radius 1 is 1.35 bits per heavy atom. The lowest BCUT2D eigenvalue weighted by molar-refractivity contribution is -0.141. The summed E-state index contributed by atoms with van der Waals surface area (Å²) >= 11 is 0. The Labute approximate surface area is 114 Å². The molecule has 114 valence electrons. The van der Waals surface area contributed by atoms with Crippen LogP contribution < -0.4 is 16.6 Å². The van der Waals surface area contributed by atoms with Crippen molar-refractivity contribution in [3.63, 3.8) is 0 Å². The second-order valence-corrected chi connectivity index (χ2v) is 4.50. The molecule has 1 aromatic rings. The van der Waals surface area contributed by atoms with E-state index in [2.05, 4.69) is 15.3 Å². The molecule has 0 aliphatic heterocycles. The first-order valence-corrected chi connectivity index (χ1v) is 6.07. The number of hydrogen-bond acceptors (Lipinski definition) is 6. The molecule has 1 heterocycles. The Bertz CT molecular complexity index is 425. The molecule has 0 amide bonds. The van der Waals surface area contributed by atoms with Crippen molar-refractivity contribution in [2.45, 2.75) is 20.0 Å². The molecule has 0 fully saturated rings. The molecule has 1 rings (SSSR count). The summed E-state index contributed by atoms with van der Waals surface area (Å²) in [4.78, 5) is 7.03. The van der Waals surface area contributed by atoms with E-state index in [1.54, 1.807) is 0 Å². The van der Waals surface area contributed by atoms with Gasteiger partial charge in [-0.3, -0.25) is 5.43 Å². The van der Waals surface area contributed by atoms with E-state index < -0.39 is 11.9 Å². The first-order valence-electron chi connectivity index (χ1n) is 6.07. The summed E-state index contributed by atoms with van der Waals surface area (Å²) in [5.41, 5.74) is 0.939. The third-order valence-electron chi connectivity index (χ3n) is 2.15. The van der Waals surface area contributed by atoms with Crippen LogP contribution in [0.5, 0.6) is 0 Å². The fourth-order valence-corrected chi connectivity index (χ4v) is 1.32. The van der Waals surface area contributed by atoms with Crippen LogP contribution in [0.1, 0.15) is 19.5 Å². The molecule has 4 N–H and O–H groups in total. The number of nitrogens with two attached hydrogens (primary N) is 1. The van der Waals surface area contributed by atoms with Gasteiger partial charge in [-0.05, 0) is 5.92 Å². The summed E-state index contributed by atoms with van der Waals surface area (Å²) in [5, 5.41) is 2.73. The predicted molar refractivity (Wildman–Crippen MR) is 69.0 cm³/mol. The van der Waals surface area contributed by atoms with Crippen molar-refractivity contribution in [2.24, 2.45) is 11.8 Å². The van der Waals surface area contributed by atoms with Gasteiger partial charge in [0, 0.05) is 19.2 Å². The third kappa shape index (κ3) is 5.57. The second-order valence-electron chi connectivity index (χ2n) is 4.50. The summed E-state index contributed by atoms with van der Waals surface area (Å²) in [6.07, 6.45) is -4.56. The Hall–Kier alpha value is -1.61. The van der Waals surface area contributed by atoms with Crippen molar-refractivity contribution in [1.82, 2.24) is 9.97 Å². The molecule has 0 saturated heterocycles. The van der Waals surface area contributed by atoms with Gasteiger partial charge in [0.1, 0.15) is 5.82 Å². The molecule has 0 atom stereocenters. The summed E-state index contributed by atoms with van der Waals surface area (Å²) in [5.74, 6) is 5.18. The number of alkyl halides is 3. The van der Waals surface area contributed by atoms with Gasteiger partial charge in [-0.2, -0.15) is 18.2 Å². The third-order valence-corrected chi connectivity index (χ3v) is 2.15. The molecule has 0 saturated carbocycles. The normalized spacial score (nSPS) is 11.8. The maximum absolute atomic E-state index is 12.6. The number of nitrogen functional groups attached to an aromatic ring is 1. The number of hydrazine groups is 1. The standard InChI is InChI=1S/C11H18F3N5O/c1-7(2)6-20-4-3-16-9-5-8(11(12,13)14)17-10(18-9)19-15/h5,7H,3-4,6,15H2,1-2H3,(H2,16,17,18,19). The van der Waals surface area contributed by atoms with E-state index in [0.29, 0.717) is 25.7 Å². The zero-order valence-corrected chi connectivity index (χ0v) is 11.3. The highest BCUT2D eigenvalue weighted by Gasteiger charge is 2.33. The zero-order chi connectivity index (χ0) is 15.2. The highest BCUT2D eigenvalue weighted by atomic mass is 19.4. The Kier molecular flexibility index (Phi) is 5.96. The van der Waals surface area contributed by atoms with Gasteiger partial charge in [0.2, 0.25) is 5.95 Å². The lowest BCUT2D eigenvalue weighted by Crippen LogP contribution is -2.18. The molecule has 9 heteroatoms. The monoisotopic (exact) mass is 293 g/mol. The van der Waals surface area contributed by atoms with E-state index >= 15 is 0 Å². The van der Waals surface area contributed by atoms with Gasteiger partial charge in [-0.15, -0.1) is 0 Å². The van der Waals surface area contributed by atoms with Crippen molar-refractivity contribution in [1.29, 1.82) is 0 Å². The van der Waals surface area contributed by atoms with E-state index in [-0.39, 0.29) is 11.8 Å². The minimum atomic E-state index is -4.56. The zero-order valence-electron chi connectivity index (χ0n) is 11.3. The Morgan fingerprint density at radius 3 is 2.60 bits per heavy atom. The van der Waals surface area contributed by atoms with E-state index in [9.17, 15) is 13.2 Å². The smallest absolute Gasteiger partial charge is 0.379 e. The van der Waals surface area contributed by atoms with Gasteiger partial charge in [0.25, 0.3) is 0 Å². The van der Waals surface area contributed by atoms with Crippen LogP contribution in [0.3, 0.4) is 0 Å². The lowest BCUT2D eigenvalue weighted by atomic mass is 10.2. The number of aromatic nitrogens is 2. The summed E-state index contributed by atoms with van der Waals surface area (Å²) in [6.45, 7) is 5.31. The molecule has 1 aromatic heterocycles. The molecule has 6 nitrogen and oxygen atoms in total. The highest BCUT2D eigenvalue weighted by Crippen LogP contribution is 2.29. The SMILES string of the molecule is CC(C)COCCNc1cc(C(F)(F)F)nc(NN)n1. The van der Waals surface area contributed by atoms with Gasteiger partial charge in [-0.25, -0.2) is 10.8 Å². The topological polar surface area (TPSA) is 85.1 Å². The summed E-state index contributed by atoms with van der Waals surface area (Å²) in [7, 11) is 0. The molecular weight excluding hydrogens is 275 g/mol. The maximum Gasteiger partial charge on any atom is 0.433 e. The fraction of sp³-hybridized carbons (Fsp3) is 0.636. The Morgan fingerprint density at radius 2 is 2.05 bits per heavy atom. The average Bonchev–Trinajstić information content (AvgIpc) is 2.36. The van der Waals surface area contributed by atoms with Crippen molar-refractivity contribution >= 4 is 11.8 Å². The van der Waals surface area contributed by atoms with Crippen LogP contribution in [0.4, 0.5) is 24.9 Å². The predicted octanol–water partition coefficient (Wildman–Crippen LogP) is 1.87. The molecular formula is C11H18F3N5O. The van der Waals surface area contributed by atoms with E-state index in [1.165, 1.54) is 0 Å². The van der Waals surface area contributed by atoms with Gasteiger partial charge >= 0.3 is 6.18 Å². The van der Waals surface area contributed by atoms with Gasteiger partial charge in [0.15, 0.2) is 5.69 Å². The van der Waals surface area contributed by atoms with Crippen LogP contribution in [0.25, 0.3) is 0 Å². The fourth-order valence-electron chi connectivity index (χ4n) is 1.32. The average molecular weight is 293 g/mol. The molecule has 0 spiro atoms. The molecule has 0 bridgehead atoms. The van der Waals surface area contributed by atoms with Crippen LogP contribution in [-0.4, -0.2) is 29.7 Å². The molecule has 0 radical (unpaired) electrons. The van der Waals surface area contributed by atoms with E-state index in [4.69, 9.17) is 10.6 Å². The number of nitrogens with one attached hydrogen (secondary N) is 2. The largest absolute Gasteiger partial charge is 0.433 e. The highest BCUT2D eigenvalue weighted by molar-refractivity contribution is 5.42. The van der Waals surface area contributed by atoms with Crippen molar-refractivity contribution in [3.8, 4) is 0 Å². The van der Waals surface area contributed by atoms with Crippen LogP contribution in [0, 0.1) is 5.92 Å². The Balaban J connectivity index is 2.61. The number of anilines is 2. The van der Waals surface area contributed by atoms with Crippen molar-refractivity contribution < 1.29 is 17.9 Å². The van der Waals surface area contributed by atoms with Crippen molar-refractivity contribution in [3.05, 3.63) is 11.8 Å². The quantitative estimate of drug-likeness (QED) is 0.404.